The SMILES string of the molecule is NC(=O)CN(CC(=O)O)Cc1ccnc2ccccc12. The van der Waals surface area contributed by atoms with E-state index in [1.165, 1.54) is 4.90 Å². The molecule has 104 valence electrons. The number of amides is 1. The molecule has 3 N–H and O–H groups in total. The molecule has 0 unspecified atom stereocenters. The van der Waals surface area contributed by atoms with Gasteiger partial charge in [-0.3, -0.25) is 19.5 Å². The second-order valence-electron chi connectivity index (χ2n) is 4.49. The molecule has 1 aromatic heterocycles. The highest BCUT2D eigenvalue weighted by atomic mass is 16.4. The third-order valence-electron chi connectivity index (χ3n) is 2.87. The monoisotopic (exact) mass is 273 g/mol. The van der Waals surface area contributed by atoms with E-state index in [1.54, 1.807) is 6.20 Å². The lowest BCUT2D eigenvalue weighted by molar-refractivity contribution is -0.138. The van der Waals surface area contributed by atoms with Gasteiger partial charge in [0.25, 0.3) is 0 Å². The fraction of sp³-hybridized carbons (Fsp3) is 0.214. The Kier molecular flexibility index (Phi) is 4.27. The number of hydrogen-bond acceptors (Lipinski definition) is 4. The van der Waals surface area contributed by atoms with E-state index in [9.17, 15) is 9.59 Å². The molecule has 0 bridgehead atoms. The Labute approximate surface area is 115 Å². The van der Waals surface area contributed by atoms with Crippen molar-refractivity contribution in [1.29, 1.82) is 0 Å². The van der Waals surface area contributed by atoms with Crippen LogP contribution in [-0.4, -0.2) is 40.0 Å². The summed E-state index contributed by atoms with van der Waals surface area (Å²) in [6.07, 6.45) is 1.67. The van der Waals surface area contributed by atoms with Crippen LogP contribution in [0.3, 0.4) is 0 Å². The molecule has 6 heteroatoms. The van der Waals surface area contributed by atoms with Crippen molar-refractivity contribution in [2.24, 2.45) is 5.73 Å². The molecule has 1 aromatic carbocycles. The normalized spacial score (nSPS) is 10.8. The van der Waals surface area contributed by atoms with Gasteiger partial charge in [0, 0.05) is 18.1 Å². The number of primary amides is 1. The predicted octanol–water partition coefficient (Wildman–Crippen LogP) is 0.607. The summed E-state index contributed by atoms with van der Waals surface area (Å²) in [7, 11) is 0. The molecule has 0 aliphatic carbocycles. The second kappa shape index (κ2) is 6.12. The molecular formula is C14H15N3O3. The molecular weight excluding hydrogens is 258 g/mol. The number of hydrogen-bond donors (Lipinski definition) is 2. The van der Waals surface area contributed by atoms with Gasteiger partial charge in [0.2, 0.25) is 5.91 Å². The largest absolute Gasteiger partial charge is 0.480 e. The van der Waals surface area contributed by atoms with Crippen LogP contribution in [0.5, 0.6) is 0 Å². The first-order valence-corrected chi connectivity index (χ1v) is 6.11. The second-order valence-corrected chi connectivity index (χ2v) is 4.49. The molecule has 1 heterocycles. The first kappa shape index (κ1) is 14.0. The van der Waals surface area contributed by atoms with Gasteiger partial charge < -0.3 is 10.8 Å². The average Bonchev–Trinajstić information content (AvgIpc) is 2.37. The lowest BCUT2D eigenvalue weighted by Crippen LogP contribution is -2.36. The highest BCUT2D eigenvalue weighted by Crippen LogP contribution is 2.17. The summed E-state index contributed by atoms with van der Waals surface area (Å²) < 4.78 is 0. The van der Waals surface area contributed by atoms with E-state index in [4.69, 9.17) is 10.8 Å². The van der Waals surface area contributed by atoms with Gasteiger partial charge in [-0.25, -0.2) is 0 Å². The maximum Gasteiger partial charge on any atom is 0.317 e. The van der Waals surface area contributed by atoms with Crippen molar-refractivity contribution in [3.8, 4) is 0 Å². The van der Waals surface area contributed by atoms with Crippen LogP contribution < -0.4 is 5.73 Å². The number of rotatable bonds is 6. The predicted molar refractivity (Wildman–Crippen MR) is 73.9 cm³/mol. The van der Waals surface area contributed by atoms with E-state index < -0.39 is 11.9 Å². The maximum absolute atomic E-state index is 11.0. The van der Waals surface area contributed by atoms with Crippen LogP contribution in [-0.2, 0) is 16.1 Å². The van der Waals surface area contributed by atoms with E-state index >= 15 is 0 Å². The highest BCUT2D eigenvalue weighted by molar-refractivity contribution is 5.82. The van der Waals surface area contributed by atoms with Crippen molar-refractivity contribution in [2.45, 2.75) is 6.54 Å². The number of carboxylic acids is 1. The number of benzene rings is 1. The zero-order valence-corrected chi connectivity index (χ0v) is 10.8. The van der Waals surface area contributed by atoms with Crippen molar-refractivity contribution >= 4 is 22.8 Å². The van der Waals surface area contributed by atoms with Gasteiger partial charge in [-0.2, -0.15) is 0 Å². The molecule has 0 spiro atoms. The van der Waals surface area contributed by atoms with Crippen molar-refractivity contribution in [3.63, 3.8) is 0 Å². The minimum Gasteiger partial charge on any atom is -0.480 e. The number of nitrogens with zero attached hydrogens (tertiary/aromatic N) is 2. The molecule has 0 saturated heterocycles. The lowest BCUT2D eigenvalue weighted by Gasteiger charge is -2.19. The molecule has 0 aliphatic heterocycles. The summed E-state index contributed by atoms with van der Waals surface area (Å²) >= 11 is 0. The smallest absolute Gasteiger partial charge is 0.317 e. The number of carbonyl (C=O) groups excluding carboxylic acids is 1. The van der Waals surface area contributed by atoms with Crippen LogP contribution in [0.4, 0.5) is 0 Å². The molecule has 0 saturated carbocycles. The van der Waals surface area contributed by atoms with Crippen LogP contribution in [0.1, 0.15) is 5.56 Å². The van der Waals surface area contributed by atoms with E-state index in [1.807, 2.05) is 30.3 Å². The summed E-state index contributed by atoms with van der Waals surface area (Å²) in [5, 5.41) is 9.82. The van der Waals surface area contributed by atoms with Gasteiger partial charge >= 0.3 is 5.97 Å². The minimum atomic E-state index is -0.996. The van der Waals surface area contributed by atoms with Gasteiger partial charge in [-0.05, 0) is 17.7 Å². The van der Waals surface area contributed by atoms with E-state index in [-0.39, 0.29) is 13.1 Å². The number of aromatic nitrogens is 1. The van der Waals surface area contributed by atoms with Crippen molar-refractivity contribution in [2.75, 3.05) is 13.1 Å². The Hall–Kier alpha value is -2.47. The van der Waals surface area contributed by atoms with Gasteiger partial charge in [0.05, 0.1) is 18.6 Å². The quantitative estimate of drug-likeness (QED) is 0.803. The van der Waals surface area contributed by atoms with Crippen LogP contribution >= 0.6 is 0 Å². The summed E-state index contributed by atoms with van der Waals surface area (Å²) in [6.45, 7) is 0.000806. The third-order valence-corrected chi connectivity index (χ3v) is 2.87. The van der Waals surface area contributed by atoms with Crippen LogP contribution in [0.15, 0.2) is 36.5 Å². The first-order chi connectivity index (χ1) is 9.56. The summed E-state index contributed by atoms with van der Waals surface area (Å²) in [5.74, 6) is -1.55. The Morgan fingerprint density at radius 3 is 2.65 bits per heavy atom. The Morgan fingerprint density at radius 2 is 1.95 bits per heavy atom. The Bertz CT molecular complexity index is 621. The number of pyridine rings is 1. The van der Waals surface area contributed by atoms with E-state index in [0.29, 0.717) is 6.54 Å². The first-order valence-electron chi connectivity index (χ1n) is 6.11. The lowest BCUT2D eigenvalue weighted by atomic mass is 10.1. The third kappa shape index (κ3) is 3.52. The number of para-hydroxylation sites is 1. The summed E-state index contributed by atoms with van der Waals surface area (Å²) in [4.78, 5) is 27.6. The Balaban J connectivity index is 2.27. The van der Waals surface area contributed by atoms with Gasteiger partial charge in [0.1, 0.15) is 0 Å². The number of aliphatic carboxylic acids is 1. The van der Waals surface area contributed by atoms with Crippen molar-refractivity contribution < 1.29 is 14.7 Å². The molecule has 0 radical (unpaired) electrons. The van der Waals surface area contributed by atoms with Gasteiger partial charge in [-0.1, -0.05) is 18.2 Å². The van der Waals surface area contributed by atoms with Crippen LogP contribution in [0, 0.1) is 0 Å². The molecule has 0 fully saturated rings. The summed E-state index contributed by atoms with van der Waals surface area (Å²) in [6, 6.07) is 9.40. The zero-order chi connectivity index (χ0) is 14.5. The standard InChI is InChI=1S/C14H15N3O3/c15-13(18)8-17(9-14(19)20)7-10-5-6-16-12-4-2-1-3-11(10)12/h1-6H,7-9H2,(H2,15,18)(H,19,20). The maximum atomic E-state index is 11.0. The number of fused-ring (bicyclic) bond motifs is 1. The molecule has 0 atom stereocenters. The van der Waals surface area contributed by atoms with Crippen molar-refractivity contribution in [3.05, 3.63) is 42.1 Å². The van der Waals surface area contributed by atoms with Crippen molar-refractivity contribution in [1.82, 2.24) is 9.88 Å². The van der Waals surface area contributed by atoms with Crippen LogP contribution in [0.2, 0.25) is 0 Å². The van der Waals surface area contributed by atoms with E-state index in [2.05, 4.69) is 4.98 Å². The highest BCUT2D eigenvalue weighted by Gasteiger charge is 2.14. The fourth-order valence-electron chi connectivity index (χ4n) is 2.11. The summed E-state index contributed by atoms with van der Waals surface area (Å²) in [5.41, 5.74) is 6.90. The molecule has 2 rings (SSSR count). The number of carboxylic acid groups (broad SMARTS) is 1. The Morgan fingerprint density at radius 1 is 1.20 bits per heavy atom. The topological polar surface area (TPSA) is 96.5 Å². The van der Waals surface area contributed by atoms with E-state index in [0.717, 1.165) is 16.5 Å². The minimum absolute atomic E-state index is 0.0943. The molecule has 20 heavy (non-hydrogen) atoms. The number of carbonyl (C=O) groups is 2. The molecule has 0 aliphatic rings. The molecule has 1 amide bonds. The van der Waals surface area contributed by atoms with Crippen LogP contribution in [0.25, 0.3) is 10.9 Å². The van der Waals surface area contributed by atoms with Gasteiger partial charge in [0.15, 0.2) is 0 Å². The molecule has 2 aromatic rings. The van der Waals surface area contributed by atoms with Gasteiger partial charge in [-0.15, -0.1) is 0 Å². The zero-order valence-electron chi connectivity index (χ0n) is 10.8. The fourth-order valence-corrected chi connectivity index (χ4v) is 2.11. The number of nitrogens with two attached hydrogens (primary N) is 1. The molecule has 6 nitrogen and oxygen atoms in total. The average molecular weight is 273 g/mol.